The highest BCUT2D eigenvalue weighted by molar-refractivity contribution is 6.29. The second-order valence-electron chi connectivity index (χ2n) is 5.96. The highest BCUT2D eigenvalue weighted by atomic mass is 35.5. The van der Waals surface area contributed by atoms with E-state index in [4.69, 9.17) is 20.8 Å². The lowest BCUT2D eigenvalue weighted by atomic mass is 10.1. The summed E-state index contributed by atoms with van der Waals surface area (Å²) in [6.45, 7) is 7.64. The fourth-order valence-electron chi connectivity index (χ4n) is 2.77. The summed E-state index contributed by atoms with van der Waals surface area (Å²) in [5, 5.41) is 24.8. The third-order valence-electron chi connectivity index (χ3n) is 4.03. The van der Waals surface area contributed by atoms with Crippen molar-refractivity contribution in [1.82, 2.24) is 29.9 Å². The van der Waals surface area contributed by atoms with Gasteiger partial charge in [0.15, 0.2) is 11.6 Å². The number of nitrogens with zero attached hydrogens (tertiary/aromatic N) is 6. The van der Waals surface area contributed by atoms with Gasteiger partial charge in [-0.25, -0.2) is 9.97 Å². The van der Waals surface area contributed by atoms with Gasteiger partial charge in [0.2, 0.25) is 5.89 Å². The number of anilines is 2. The van der Waals surface area contributed by atoms with Gasteiger partial charge in [-0.05, 0) is 18.2 Å². The first-order chi connectivity index (χ1) is 16.1. The number of halogens is 1. The van der Waals surface area contributed by atoms with Gasteiger partial charge in [0.1, 0.15) is 18.1 Å². The molecule has 0 saturated heterocycles. The molecule has 0 fully saturated rings. The van der Waals surface area contributed by atoms with Crippen molar-refractivity contribution in [2.75, 3.05) is 12.4 Å². The maximum absolute atomic E-state index is 9.18. The molecular formula is C22H28ClN7O3. The number of nitrogens with one attached hydrogen (secondary N) is 1. The molecule has 11 heteroatoms. The van der Waals surface area contributed by atoms with Gasteiger partial charge in [-0.1, -0.05) is 45.4 Å². The van der Waals surface area contributed by atoms with E-state index >= 15 is 0 Å². The number of rotatable bonds is 6. The Balaban J connectivity index is 0.000000914. The van der Waals surface area contributed by atoms with Crippen molar-refractivity contribution in [2.45, 2.75) is 34.3 Å². The molecule has 0 amide bonds. The first-order valence-corrected chi connectivity index (χ1v) is 10.9. The molecule has 0 atom stereocenters. The van der Waals surface area contributed by atoms with Crippen molar-refractivity contribution in [3.8, 4) is 28.6 Å². The number of methoxy groups -OCH3 is 1. The number of aryl methyl sites for hydroxylation is 1. The molecule has 0 aliphatic heterocycles. The zero-order chi connectivity index (χ0) is 24.4. The number of ether oxygens (including phenoxy) is 1. The number of hydrogen-bond donors (Lipinski definition) is 2. The number of benzene rings is 1. The Morgan fingerprint density at radius 3 is 2.45 bits per heavy atom. The van der Waals surface area contributed by atoms with Gasteiger partial charge in [0, 0.05) is 13.2 Å². The first-order valence-electron chi connectivity index (χ1n) is 10.5. The smallest absolute Gasteiger partial charge is 0.251 e. The molecule has 0 bridgehead atoms. The van der Waals surface area contributed by atoms with Gasteiger partial charge in [-0.3, -0.25) is 4.68 Å². The number of para-hydroxylation sites is 1. The normalized spacial score (nSPS) is 9.94. The van der Waals surface area contributed by atoms with Crippen LogP contribution in [0.2, 0.25) is 5.15 Å². The molecule has 4 rings (SSSR count). The molecule has 0 spiro atoms. The topological polar surface area (TPSA) is 124 Å². The van der Waals surface area contributed by atoms with Crippen LogP contribution in [0.5, 0.6) is 5.75 Å². The quantitative estimate of drug-likeness (QED) is 0.377. The molecule has 4 aromatic rings. The summed E-state index contributed by atoms with van der Waals surface area (Å²) in [6, 6.07) is 7.20. The number of aliphatic hydroxyl groups is 1. The fraction of sp³-hybridized carbons (Fsp3) is 0.318. The second-order valence-corrected chi connectivity index (χ2v) is 6.35. The van der Waals surface area contributed by atoms with Crippen LogP contribution in [0.15, 0.2) is 41.2 Å². The van der Waals surface area contributed by atoms with Crippen LogP contribution in [0.25, 0.3) is 22.8 Å². The monoisotopic (exact) mass is 473 g/mol. The molecular weight excluding hydrogens is 446 g/mol. The molecule has 0 saturated carbocycles. The van der Waals surface area contributed by atoms with Gasteiger partial charge in [-0.2, -0.15) is 5.10 Å². The van der Waals surface area contributed by atoms with E-state index in [2.05, 4.69) is 30.6 Å². The second kappa shape index (κ2) is 12.5. The third kappa shape index (κ3) is 6.05. The van der Waals surface area contributed by atoms with E-state index in [-0.39, 0.29) is 23.5 Å². The summed E-state index contributed by atoms with van der Waals surface area (Å²) in [4.78, 5) is 8.37. The SMILES string of the molecule is CC.CC.COc1c(Nc2cc(Cl)ncc2-c2nnc(CO)o2)cccc1-c1ncn(C)n1. The summed E-state index contributed by atoms with van der Waals surface area (Å²) < 4.78 is 12.7. The molecule has 176 valence electrons. The van der Waals surface area contributed by atoms with Crippen LogP contribution >= 0.6 is 11.6 Å². The molecule has 0 radical (unpaired) electrons. The molecule has 0 unspecified atom stereocenters. The van der Waals surface area contributed by atoms with Crippen LogP contribution in [0.3, 0.4) is 0 Å². The lowest BCUT2D eigenvalue weighted by Crippen LogP contribution is -2.00. The van der Waals surface area contributed by atoms with Crippen LogP contribution in [0, 0.1) is 0 Å². The number of aliphatic hydroxyl groups excluding tert-OH is 1. The lowest BCUT2D eigenvalue weighted by Gasteiger charge is -2.15. The highest BCUT2D eigenvalue weighted by Crippen LogP contribution is 2.38. The zero-order valence-corrected chi connectivity index (χ0v) is 20.3. The Kier molecular flexibility index (Phi) is 9.77. The summed E-state index contributed by atoms with van der Waals surface area (Å²) in [5.41, 5.74) is 2.47. The van der Waals surface area contributed by atoms with Gasteiger partial charge in [0.25, 0.3) is 5.89 Å². The van der Waals surface area contributed by atoms with Crippen molar-refractivity contribution >= 4 is 23.0 Å². The zero-order valence-electron chi connectivity index (χ0n) is 19.5. The maximum atomic E-state index is 9.18. The van der Waals surface area contributed by atoms with E-state index in [9.17, 15) is 5.11 Å². The largest absolute Gasteiger partial charge is 0.494 e. The summed E-state index contributed by atoms with van der Waals surface area (Å²) in [5.74, 6) is 1.38. The van der Waals surface area contributed by atoms with Crippen molar-refractivity contribution in [3.63, 3.8) is 0 Å². The summed E-state index contributed by atoms with van der Waals surface area (Å²) in [7, 11) is 3.36. The van der Waals surface area contributed by atoms with E-state index in [1.54, 1.807) is 31.2 Å². The third-order valence-corrected chi connectivity index (χ3v) is 4.24. The summed E-state index contributed by atoms with van der Waals surface area (Å²) in [6.07, 6.45) is 3.12. The molecule has 1 aromatic carbocycles. The maximum Gasteiger partial charge on any atom is 0.251 e. The molecule has 3 heterocycles. The Labute approximate surface area is 197 Å². The average molecular weight is 474 g/mol. The van der Waals surface area contributed by atoms with Gasteiger partial charge < -0.3 is 19.6 Å². The Hall–Kier alpha value is -3.50. The molecule has 3 aromatic heterocycles. The first kappa shape index (κ1) is 25.8. The minimum Gasteiger partial charge on any atom is -0.494 e. The van der Waals surface area contributed by atoms with Crippen LogP contribution in [0.4, 0.5) is 11.4 Å². The van der Waals surface area contributed by atoms with Gasteiger partial charge in [0.05, 0.1) is 29.6 Å². The number of pyridine rings is 1. The highest BCUT2D eigenvalue weighted by Gasteiger charge is 2.18. The lowest BCUT2D eigenvalue weighted by molar-refractivity contribution is 0.241. The van der Waals surface area contributed by atoms with E-state index in [0.29, 0.717) is 28.5 Å². The fourth-order valence-corrected chi connectivity index (χ4v) is 2.93. The van der Waals surface area contributed by atoms with Crippen LogP contribution in [0.1, 0.15) is 33.6 Å². The van der Waals surface area contributed by atoms with Crippen LogP contribution in [-0.2, 0) is 13.7 Å². The average Bonchev–Trinajstić information content (AvgIpc) is 3.51. The van der Waals surface area contributed by atoms with E-state index < -0.39 is 0 Å². The molecule has 10 nitrogen and oxygen atoms in total. The number of hydrogen-bond acceptors (Lipinski definition) is 9. The van der Waals surface area contributed by atoms with E-state index in [1.165, 1.54) is 6.20 Å². The van der Waals surface area contributed by atoms with Gasteiger partial charge in [-0.15, -0.1) is 10.2 Å². The predicted molar refractivity (Wildman–Crippen MR) is 127 cm³/mol. The van der Waals surface area contributed by atoms with Crippen molar-refractivity contribution in [3.05, 3.63) is 47.8 Å². The van der Waals surface area contributed by atoms with Crippen LogP contribution < -0.4 is 10.1 Å². The minimum absolute atomic E-state index is 0.0988. The molecule has 33 heavy (non-hydrogen) atoms. The predicted octanol–water partition coefficient (Wildman–Crippen LogP) is 4.88. The van der Waals surface area contributed by atoms with E-state index in [0.717, 1.165) is 5.56 Å². The molecule has 0 aliphatic rings. The standard InChI is InChI=1S/C18H16ClN7O3.2C2H6/c1-26-9-21-17(25-26)10-4-3-5-12(16(10)28-2)22-13-6-14(19)20-7-11(13)18-24-23-15(8-27)29-18;2*1-2/h3-7,9,27H,8H2,1-2H3,(H,20,22);2*1-2H3. The van der Waals surface area contributed by atoms with E-state index in [1.807, 2.05) is 45.9 Å². The Morgan fingerprint density at radius 2 is 1.85 bits per heavy atom. The number of aromatic nitrogens is 6. The Bertz CT molecular complexity index is 1160. The Morgan fingerprint density at radius 1 is 1.09 bits per heavy atom. The summed E-state index contributed by atoms with van der Waals surface area (Å²) >= 11 is 6.09. The van der Waals surface area contributed by atoms with Crippen molar-refractivity contribution in [1.29, 1.82) is 0 Å². The molecule has 0 aliphatic carbocycles. The van der Waals surface area contributed by atoms with Gasteiger partial charge >= 0.3 is 0 Å². The molecule has 2 N–H and O–H groups in total. The van der Waals surface area contributed by atoms with Crippen molar-refractivity contribution in [2.24, 2.45) is 7.05 Å². The van der Waals surface area contributed by atoms with Crippen LogP contribution in [-0.4, -0.2) is 42.2 Å². The minimum atomic E-state index is -0.357. The van der Waals surface area contributed by atoms with Crippen molar-refractivity contribution < 1.29 is 14.3 Å².